The molecule has 0 unspecified atom stereocenters. The molecule has 0 atom stereocenters. The summed E-state index contributed by atoms with van der Waals surface area (Å²) in [5.74, 6) is 0.765. The van der Waals surface area contributed by atoms with Gasteiger partial charge in [-0.2, -0.15) is 4.98 Å². The summed E-state index contributed by atoms with van der Waals surface area (Å²) in [6, 6.07) is 11.8. The highest BCUT2D eigenvalue weighted by atomic mass is 32.1. The first-order valence-corrected chi connectivity index (χ1v) is 10.9. The standard InChI is InChI=1S/C23H21N5O4S/c1-14-7-9-18(17(11-14)21(29)16-5-3-4-6-19(16)31-2)27-22(30)28-23-24-12-15(33-23)8-10-20-25-13-26-32-20/h3-7,9,11-13H,8,10H2,1-2H3,(H2,24,27,28,30). The molecular formula is C23H21N5O4S. The summed E-state index contributed by atoms with van der Waals surface area (Å²) >= 11 is 1.35. The van der Waals surface area contributed by atoms with Crippen LogP contribution in [-0.2, 0) is 12.8 Å². The summed E-state index contributed by atoms with van der Waals surface area (Å²) < 4.78 is 10.3. The predicted octanol–water partition coefficient (Wildman–Crippen LogP) is 4.50. The number of urea groups is 1. The number of ether oxygens (including phenoxy) is 1. The van der Waals surface area contributed by atoms with E-state index in [-0.39, 0.29) is 5.78 Å². The fraction of sp³-hybridized carbons (Fsp3) is 0.174. The summed E-state index contributed by atoms with van der Waals surface area (Å²) in [4.78, 5) is 35.0. The number of carbonyl (C=O) groups excluding carboxylic acids is 2. The van der Waals surface area contributed by atoms with E-state index in [1.54, 1.807) is 42.6 Å². The Bertz CT molecular complexity index is 1270. The van der Waals surface area contributed by atoms with Crippen LogP contribution in [0.15, 0.2) is 59.5 Å². The van der Waals surface area contributed by atoms with Gasteiger partial charge in [-0.15, -0.1) is 11.3 Å². The van der Waals surface area contributed by atoms with E-state index in [0.29, 0.717) is 46.4 Å². The van der Waals surface area contributed by atoms with Gasteiger partial charge in [-0.3, -0.25) is 10.1 Å². The molecule has 0 spiro atoms. The van der Waals surface area contributed by atoms with Crippen LogP contribution >= 0.6 is 11.3 Å². The highest BCUT2D eigenvalue weighted by molar-refractivity contribution is 7.15. The van der Waals surface area contributed by atoms with E-state index in [4.69, 9.17) is 9.26 Å². The number of aromatic nitrogens is 3. The van der Waals surface area contributed by atoms with E-state index < -0.39 is 6.03 Å². The second kappa shape index (κ2) is 10.0. The van der Waals surface area contributed by atoms with Crippen LogP contribution in [0.1, 0.15) is 32.3 Å². The molecule has 168 valence electrons. The maximum Gasteiger partial charge on any atom is 0.325 e. The van der Waals surface area contributed by atoms with Crippen molar-refractivity contribution in [1.29, 1.82) is 0 Å². The number of aryl methyl sites for hydroxylation is 3. The van der Waals surface area contributed by atoms with Crippen LogP contribution < -0.4 is 15.4 Å². The third-order valence-electron chi connectivity index (χ3n) is 4.79. The number of carbonyl (C=O) groups is 2. The normalized spacial score (nSPS) is 10.6. The molecule has 0 aliphatic heterocycles. The fourth-order valence-electron chi connectivity index (χ4n) is 3.20. The van der Waals surface area contributed by atoms with Crippen LogP contribution in [0.2, 0.25) is 0 Å². The van der Waals surface area contributed by atoms with Gasteiger partial charge in [0.15, 0.2) is 17.2 Å². The number of rotatable bonds is 8. The van der Waals surface area contributed by atoms with E-state index in [0.717, 1.165) is 10.4 Å². The van der Waals surface area contributed by atoms with Crippen molar-refractivity contribution in [1.82, 2.24) is 15.1 Å². The summed E-state index contributed by atoms with van der Waals surface area (Å²) in [5.41, 5.74) is 2.07. The number of benzene rings is 2. The fourth-order valence-corrected chi connectivity index (χ4v) is 4.01. The van der Waals surface area contributed by atoms with Gasteiger partial charge >= 0.3 is 6.03 Å². The van der Waals surface area contributed by atoms with Gasteiger partial charge in [0, 0.05) is 23.1 Å². The van der Waals surface area contributed by atoms with E-state index in [9.17, 15) is 9.59 Å². The molecule has 4 rings (SSSR count). The maximum atomic E-state index is 13.2. The van der Waals surface area contributed by atoms with Crippen LogP contribution in [0.25, 0.3) is 0 Å². The zero-order valence-electron chi connectivity index (χ0n) is 18.0. The van der Waals surface area contributed by atoms with Crippen molar-refractivity contribution in [2.45, 2.75) is 19.8 Å². The minimum Gasteiger partial charge on any atom is -0.496 e. The van der Waals surface area contributed by atoms with Gasteiger partial charge in [0.05, 0.1) is 18.4 Å². The lowest BCUT2D eigenvalue weighted by Gasteiger charge is -2.13. The summed E-state index contributed by atoms with van der Waals surface area (Å²) in [6.45, 7) is 1.88. The number of anilines is 2. The lowest BCUT2D eigenvalue weighted by molar-refractivity contribution is 0.103. The first-order valence-electron chi connectivity index (χ1n) is 10.1. The number of amides is 2. The number of thiazole rings is 1. The Morgan fingerprint density at radius 2 is 1.91 bits per heavy atom. The zero-order chi connectivity index (χ0) is 23.2. The number of nitrogens with one attached hydrogen (secondary N) is 2. The Balaban J connectivity index is 1.46. The van der Waals surface area contributed by atoms with Gasteiger partial charge in [-0.1, -0.05) is 28.9 Å². The molecule has 33 heavy (non-hydrogen) atoms. The van der Waals surface area contributed by atoms with Crippen molar-refractivity contribution in [3.63, 3.8) is 0 Å². The number of para-hydroxylation sites is 1. The van der Waals surface area contributed by atoms with Crippen molar-refractivity contribution in [2.24, 2.45) is 0 Å². The van der Waals surface area contributed by atoms with Crippen molar-refractivity contribution in [3.8, 4) is 5.75 Å². The average Bonchev–Trinajstić information content (AvgIpc) is 3.50. The number of methoxy groups -OCH3 is 1. The van der Waals surface area contributed by atoms with Gasteiger partial charge in [0.2, 0.25) is 5.89 Å². The second-order valence-electron chi connectivity index (χ2n) is 7.12. The minimum atomic E-state index is -0.495. The van der Waals surface area contributed by atoms with Crippen LogP contribution in [0, 0.1) is 6.92 Å². The molecule has 0 saturated heterocycles. The molecule has 0 radical (unpaired) electrons. The number of hydrogen-bond donors (Lipinski definition) is 2. The molecule has 2 N–H and O–H groups in total. The number of hydrogen-bond acceptors (Lipinski definition) is 8. The van der Waals surface area contributed by atoms with Gasteiger partial charge < -0.3 is 14.6 Å². The van der Waals surface area contributed by atoms with E-state index >= 15 is 0 Å². The van der Waals surface area contributed by atoms with E-state index in [1.165, 1.54) is 24.8 Å². The maximum absolute atomic E-state index is 13.2. The molecule has 2 heterocycles. The molecule has 2 aromatic heterocycles. The van der Waals surface area contributed by atoms with Crippen LogP contribution in [0.3, 0.4) is 0 Å². The van der Waals surface area contributed by atoms with Crippen LogP contribution in [-0.4, -0.2) is 34.0 Å². The minimum absolute atomic E-state index is 0.246. The molecule has 0 bridgehead atoms. The third kappa shape index (κ3) is 5.42. The first kappa shape index (κ1) is 22.2. The van der Waals surface area contributed by atoms with Gasteiger partial charge in [0.25, 0.3) is 0 Å². The third-order valence-corrected chi connectivity index (χ3v) is 5.76. The molecule has 0 fully saturated rings. The number of ketones is 1. The average molecular weight is 464 g/mol. The quantitative estimate of drug-likeness (QED) is 0.369. The van der Waals surface area contributed by atoms with Crippen molar-refractivity contribution < 1.29 is 18.8 Å². The number of nitrogens with zero attached hydrogens (tertiary/aromatic N) is 3. The predicted molar refractivity (Wildman–Crippen MR) is 124 cm³/mol. The molecule has 9 nitrogen and oxygen atoms in total. The largest absolute Gasteiger partial charge is 0.496 e. The zero-order valence-corrected chi connectivity index (χ0v) is 18.8. The summed E-state index contributed by atoms with van der Waals surface area (Å²) in [5, 5.41) is 9.50. The Hall–Kier alpha value is -4.05. The first-order chi connectivity index (χ1) is 16.0. The molecule has 0 saturated carbocycles. The molecule has 0 aliphatic rings. The summed E-state index contributed by atoms with van der Waals surface area (Å²) in [7, 11) is 1.51. The molecule has 2 aromatic carbocycles. The van der Waals surface area contributed by atoms with E-state index in [2.05, 4.69) is 25.8 Å². The SMILES string of the molecule is COc1ccccc1C(=O)c1cc(C)ccc1NC(=O)Nc1ncc(CCc2ncno2)s1. The Labute approximate surface area is 193 Å². The van der Waals surface area contributed by atoms with Gasteiger partial charge in [0.1, 0.15) is 5.75 Å². The van der Waals surface area contributed by atoms with Crippen LogP contribution in [0.4, 0.5) is 15.6 Å². The summed E-state index contributed by atoms with van der Waals surface area (Å²) in [6.07, 6.45) is 4.31. The van der Waals surface area contributed by atoms with Crippen molar-refractivity contribution >= 4 is 34.0 Å². The molecule has 0 aliphatic carbocycles. The molecule has 10 heteroatoms. The second-order valence-corrected chi connectivity index (χ2v) is 8.24. The molecule has 4 aromatic rings. The Morgan fingerprint density at radius 1 is 1.06 bits per heavy atom. The lowest BCUT2D eigenvalue weighted by Crippen LogP contribution is -2.21. The topological polar surface area (TPSA) is 119 Å². The lowest BCUT2D eigenvalue weighted by atomic mass is 9.99. The monoisotopic (exact) mass is 463 g/mol. The van der Waals surface area contributed by atoms with Crippen LogP contribution in [0.5, 0.6) is 5.75 Å². The highest BCUT2D eigenvalue weighted by Crippen LogP contribution is 2.27. The Morgan fingerprint density at radius 3 is 2.70 bits per heavy atom. The molecule has 2 amide bonds. The van der Waals surface area contributed by atoms with Gasteiger partial charge in [-0.25, -0.2) is 9.78 Å². The molecular weight excluding hydrogens is 442 g/mol. The van der Waals surface area contributed by atoms with Crippen molar-refractivity contribution in [3.05, 3.63) is 82.4 Å². The Kier molecular flexibility index (Phi) is 6.75. The van der Waals surface area contributed by atoms with E-state index in [1.807, 2.05) is 13.0 Å². The smallest absolute Gasteiger partial charge is 0.325 e. The highest BCUT2D eigenvalue weighted by Gasteiger charge is 2.19. The van der Waals surface area contributed by atoms with Crippen molar-refractivity contribution in [2.75, 3.05) is 17.7 Å². The van der Waals surface area contributed by atoms with Gasteiger partial charge in [-0.05, 0) is 37.6 Å².